The molecular weight excluding hydrogens is 206 g/mol. The maximum Gasteiger partial charge on any atom is 0.308 e. The number of carboxylic acid groups (broad SMARTS) is 1. The van der Waals surface area contributed by atoms with Crippen LogP contribution in [0.15, 0.2) is 35.1 Å². The van der Waals surface area contributed by atoms with E-state index in [1.165, 1.54) is 6.26 Å². The molecule has 0 unspecified atom stereocenters. The van der Waals surface area contributed by atoms with Crippen LogP contribution in [0.1, 0.15) is 11.1 Å². The van der Waals surface area contributed by atoms with Gasteiger partial charge >= 0.3 is 5.97 Å². The highest BCUT2D eigenvalue weighted by molar-refractivity contribution is 5.74. The molecule has 0 aliphatic carbocycles. The number of benzene rings is 1. The summed E-state index contributed by atoms with van der Waals surface area (Å²) in [5.74, 6) is -0.892. The van der Waals surface area contributed by atoms with Crippen molar-refractivity contribution in [2.24, 2.45) is 0 Å². The fraction of sp³-hybridized carbons (Fsp3) is 0.167. The lowest BCUT2D eigenvalue weighted by molar-refractivity contribution is -0.136. The van der Waals surface area contributed by atoms with Gasteiger partial charge in [-0.3, -0.25) is 4.79 Å². The van der Waals surface area contributed by atoms with E-state index in [0.717, 1.165) is 11.1 Å². The molecule has 4 nitrogen and oxygen atoms in total. The lowest BCUT2D eigenvalue weighted by Gasteiger charge is -1.99. The molecule has 0 fully saturated rings. The van der Waals surface area contributed by atoms with Crippen LogP contribution in [0.5, 0.6) is 0 Å². The summed E-state index contributed by atoms with van der Waals surface area (Å²) < 4.78 is 4.82. The molecule has 0 aliphatic rings. The number of aromatic nitrogens is 1. The van der Waals surface area contributed by atoms with Crippen molar-refractivity contribution in [2.75, 3.05) is 0 Å². The van der Waals surface area contributed by atoms with Crippen molar-refractivity contribution in [1.29, 1.82) is 0 Å². The summed E-state index contributed by atoms with van der Waals surface area (Å²) in [7, 11) is 0. The number of hydrogen-bond donors (Lipinski definition) is 1. The van der Waals surface area contributed by atoms with Crippen LogP contribution < -0.4 is 0 Å². The summed E-state index contributed by atoms with van der Waals surface area (Å²) in [5.41, 5.74) is 3.21. The maximum atomic E-state index is 10.6. The van der Waals surface area contributed by atoms with Gasteiger partial charge in [-0.05, 0) is 6.92 Å². The standard InChI is InChI=1S/C12H11NO3/c1-8-2-4-9(5-3-8)12-10(6-11(14)15)7-16-13-12/h2-5,7H,6H2,1H3,(H,14,15). The van der Waals surface area contributed by atoms with Gasteiger partial charge in [-0.15, -0.1) is 0 Å². The fourth-order valence-corrected chi connectivity index (χ4v) is 1.49. The smallest absolute Gasteiger partial charge is 0.308 e. The molecule has 2 aromatic rings. The lowest BCUT2D eigenvalue weighted by Crippen LogP contribution is -2.00. The molecule has 0 saturated heterocycles. The number of carbonyl (C=O) groups is 1. The van der Waals surface area contributed by atoms with Crippen molar-refractivity contribution in [3.63, 3.8) is 0 Å². The first-order valence-electron chi connectivity index (χ1n) is 4.89. The molecule has 16 heavy (non-hydrogen) atoms. The minimum atomic E-state index is -0.892. The number of nitrogens with zero attached hydrogens (tertiary/aromatic N) is 1. The van der Waals surface area contributed by atoms with Gasteiger partial charge in [0.2, 0.25) is 0 Å². The molecule has 82 valence electrons. The van der Waals surface area contributed by atoms with Gasteiger partial charge in [-0.2, -0.15) is 0 Å². The number of carboxylic acids is 1. The van der Waals surface area contributed by atoms with Crippen LogP contribution in [0.4, 0.5) is 0 Å². The van der Waals surface area contributed by atoms with E-state index < -0.39 is 5.97 Å². The van der Waals surface area contributed by atoms with E-state index in [0.29, 0.717) is 11.3 Å². The fourth-order valence-electron chi connectivity index (χ4n) is 1.49. The second-order valence-corrected chi connectivity index (χ2v) is 3.62. The number of hydrogen-bond acceptors (Lipinski definition) is 3. The zero-order valence-electron chi connectivity index (χ0n) is 8.80. The van der Waals surface area contributed by atoms with Gasteiger partial charge in [0.05, 0.1) is 6.42 Å². The monoisotopic (exact) mass is 217 g/mol. The van der Waals surface area contributed by atoms with E-state index in [-0.39, 0.29) is 6.42 Å². The van der Waals surface area contributed by atoms with Gasteiger partial charge < -0.3 is 9.63 Å². The molecule has 1 heterocycles. The summed E-state index contributed by atoms with van der Waals surface area (Å²) >= 11 is 0. The van der Waals surface area contributed by atoms with Crippen molar-refractivity contribution >= 4 is 5.97 Å². The third-order valence-corrected chi connectivity index (χ3v) is 2.31. The minimum absolute atomic E-state index is 0.0767. The Kier molecular flexibility index (Phi) is 2.72. The zero-order chi connectivity index (χ0) is 11.5. The zero-order valence-corrected chi connectivity index (χ0v) is 8.80. The van der Waals surface area contributed by atoms with E-state index >= 15 is 0 Å². The molecule has 1 aromatic heterocycles. The Balaban J connectivity index is 2.36. The maximum absolute atomic E-state index is 10.6. The van der Waals surface area contributed by atoms with Crippen molar-refractivity contribution < 1.29 is 14.4 Å². The highest BCUT2D eigenvalue weighted by Crippen LogP contribution is 2.22. The van der Waals surface area contributed by atoms with E-state index in [1.54, 1.807) is 0 Å². The van der Waals surface area contributed by atoms with Gasteiger partial charge in [0.1, 0.15) is 12.0 Å². The van der Waals surface area contributed by atoms with E-state index in [9.17, 15) is 4.79 Å². The highest BCUT2D eigenvalue weighted by atomic mass is 16.5. The Hall–Kier alpha value is -2.10. The molecule has 2 rings (SSSR count). The molecule has 0 bridgehead atoms. The van der Waals surface area contributed by atoms with Gasteiger partial charge in [-0.25, -0.2) is 0 Å². The van der Waals surface area contributed by atoms with Crippen molar-refractivity contribution in [1.82, 2.24) is 5.16 Å². The van der Waals surface area contributed by atoms with Crippen molar-refractivity contribution in [2.45, 2.75) is 13.3 Å². The first kappa shape index (κ1) is 10.4. The quantitative estimate of drug-likeness (QED) is 0.856. The number of aryl methyl sites for hydroxylation is 1. The summed E-state index contributed by atoms with van der Waals surface area (Å²) in [6.45, 7) is 1.99. The summed E-state index contributed by atoms with van der Waals surface area (Å²) in [4.78, 5) is 10.6. The average Bonchev–Trinajstić information content (AvgIpc) is 2.66. The predicted molar refractivity (Wildman–Crippen MR) is 58.0 cm³/mol. The topological polar surface area (TPSA) is 63.3 Å². The Morgan fingerprint density at radius 3 is 2.69 bits per heavy atom. The SMILES string of the molecule is Cc1ccc(-c2nocc2CC(=O)O)cc1. The second-order valence-electron chi connectivity index (χ2n) is 3.62. The van der Waals surface area contributed by atoms with Crippen LogP contribution >= 0.6 is 0 Å². The Bertz CT molecular complexity index is 499. The Labute approximate surface area is 92.5 Å². The minimum Gasteiger partial charge on any atom is -0.481 e. The number of aliphatic carboxylic acids is 1. The predicted octanol–water partition coefficient (Wildman–Crippen LogP) is 2.28. The van der Waals surface area contributed by atoms with Gasteiger partial charge in [-0.1, -0.05) is 35.0 Å². The van der Waals surface area contributed by atoms with Crippen LogP contribution in [0, 0.1) is 6.92 Å². The van der Waals surface area contributed by atoms with Crippen LogP contribution in [0.25, 0.3) is 11.3 Å². The molecule has 0 saturated carbocycles. The Morgan fingerprint density at radius 2 is 2.06 bits per heavy atom. The molecular formula is C12H11NO3. The van der Waals surface area contributed by atoms with Crippen LogP contribution in [0.3, 0.4) is 0 Å². The van der Waals surface area contributed by atoms with Crippen LogP contribution in [-0.4, -0.2) is 16.2 Å². The first-order chi connectivity index (χ1) is 7.66. The van der Waals surface area contributed by atoms with E-state index in [2.05, 4.69) is 5.16 Å². The average molecular weight is 217 g/mol. The summed E-state index contributed by atoms with van der Waals surface area (Å²) in [5, 5.41) is 12.6. The van der Waals surface area contributed by atoms with E-state index in [4.69, 9.17) is 9.63 Å². The molecule has 0 atom stereocenters. The summed E-state index contributed by atoms with van der Waals surface area (Å²) in [6, 6.07) is 7.71. The third-order valence-electron chi connectivity index (χ3n) is 2.31. The molecule has 1 aromatic carbocycles. The van der Waals surface area contributed by atoms with Crippen molar-refractivity contribution in [3.8, 4) is 11.3 Å². The Morgan fingerprint density at radius 1 is 1.38 bits per heavy atom. The largest absolute Gasteiger partial charge is 0.481 e. The van der Waals surface area contributed by atoms with Crippen LogP contribution in [-0.2, 0) is 11.2 Å². The summed E-state index contributed by atoms with van der Waals surface area (Å²) in [6.07, 6.45) is 1.30. The number of rotatable bonds is 3. The second kappa shape index (κ2) is 4.18. The molecule has 0 aliphatic heterocycles. The van der Waals surface area contributed by atoms with Gasteiger partial charge in [0.15, 0.2) is 0 Å². The molecule has 0 spiro atoms. The molecule has 0 radical (unpaired) electrons. The molecule has 4 heteroatoms. The molecule has 1 N–H and O–H groups in total. The highest BCUT2D eigenvalue weighted by Gasteiger charge is 2.12. The van der Waals surface area contributed by atoms with Crippen molar-refractivity contribution in [3.05, 3.63) is 41.7 Å². The van der Waals surface area contributed by atoms with Gasteiger partial charge in [0.25, 0.3) is 0 Å². The van der Waals surface area contributed by atoms with Crippen LogP contribution in [0.2, 0.25) is 0 Å². The third kappa shape index (κ3) is 2.11. The van der Waals surface area contributed by atoms with Gasteiger partial charge in [0, 0.05) is 11.1 Å². The lowest BCUT2D eigenvalue weighted by atomic mass is 10.0. The normalized spacial score (nSPS) is 10.3. The molecule has 0 amide bonds. The first-order valence-corrected chi connectivity index (χ1v) is 4.89. The van der Waals surface area contributed by atoms with E-state index in [1.807, 2.05) is 31.2 Å².